The van der Waals surface area contributed by atoms with Crippen molar-refractivity contribution in [2.24, 2.45) is 0 Å². The Kier molecular flexibility index (Phi) is 6.60. The molecule has 150 valence electrons. The van der Waals surface area contributed by atoms with E-state index in [9.17, 15) is 18.0 Å². The first-order chi connectivity index (χ1) is 13.9. The van der Waals surface area contributed by atoms with Crippen molar-refractivity contribution in [3.8, 4) is 0 Å². The van der Waals surface area contributed by atoms with E-state index in [-0.39, 0.29) is 11.4 Å². The SMILES string of the molecule is O=C(/C=C/c1ccc(S(=O)(=O)NCc2ccco2)cc1)NNC(=O)c1cccs1. The van der Waals surface area contributed by atoms with Crippen LogP contribution in [0.3, 0.4) is 0 Å². The number of nitrogens with one attached hydrogen (secondary N) is 3. The lowest BCUT2D eigenvalue weighted by atomic mass is 10.2. The zero-order valence-corrected chi connectivity index (χ0v) is 16.6. The summed E-state index contributed by atoms with van der Waals surface area (Å²) >= 11 is 1.26. The Morgan fingerprint density at radius 2 is 1.83 bits per heavy atom. The average molecular weight is 431 g/mol. The van der Waals surface area contributed by atoms with Gasteiger partial charge in [0, 0.05) is 6.08 Å². The third-order valence-corrected chi connectivity index (χ3v) is 5.96. The number of furan rings is 1. The van der Waals surface area contributed by atoms with Crippen molar-refractivity contribution in [3.05, 3.63) is 82.5 Å². The summed E-state index contributed by atoms with van der Waals surface area (Å²) in [6, 6.07) is 12.7. The normalized spacial score (nSPS) is 11.4. The maximum Gasteiger partial charge on any atom is 0.279 e. The molecular formula is C19H17N3O5S2. The molecule has 8 nitrogen and oxygen atoms in total. The minimum atomic E-state index is -3.68. The molecule has 2 aromatic heterocycles. The molecular weight excluding hydrogens is 414 g/mol. The van der Waals surface area contributed by atoms with Gasteiger partial charge in [0.1, 0.15) is 5.76 Å². The molecule has 2 heterocycles. The molecule has 29 heavy (non-hydrogen) atoms. The van der Waals surface area contributed by atoms with Gasteiger partial charge in [-0.1, -0.05) is 18.2 Å². The Morgan fingerprint density at radius 1 is 1.03 bits per heavy atom. The highest BCUT2D eigenvalue weighted by atomic mass is 32.2. The summed E-state index contributed by atoms with van der Waals surface area (Å²) < 4.78 is 32.1. The van der Waals surface area contributed by atoms with Gasteiger partial charge in [0.15, 0.2) is 0 Å². The largest absolute Gasteiger partial charge is 0.468 e. The highest BCUT2D eigenvalue weighted by Gasteiger charge is 2.14. The molecule has 10 heteroatoms. The summed E-state index contributed by atoms with van der Waals surface area (Å²) in [4.78, 5) is 24.1. The Bertz CT molecular complexity index is 1090. The van der Waals surface area contributed by atoms with Crippen molar-refractivity contribution in [3.63, 3.8) is 0 Å². The van der Waals surface area contributed by atoms with Crippen LogP contribution in [-0.4, -0.2) is 20.2 Å². The molecule has 1 aromatic carbocycles. The summed E-state index contributed by atoms with van der Waals surface area (Å²) in [6.07, 6.45) is 4.20. The molecule has 3 aromatic rings. The summed E-state index contributed by atoms with van der Waals surface area (Å²) in [5, 5.41) is 1.76. The Labute approximate surface area is 171 Å². The van der Waals surface area contributed by atoms with Gasteiger partial charge in [-0.25, -0.2) is 13.1 Å². The quantitative estimate of drug-likeness (QED) is 0.392. The van der Waals surface area contributed by atoms with Crippen LogP contribution in [0, 0.1) is 0 Å². The van der Waals surface area contributed by atoms with Crippen LogP contribution in [0.4, 0.5) is 0 Å². The van der Waals surface area contributed by atoms with Gasteiger partial charge >= 0.3 is 0 Å². The van der Waals surface area contributed by atoms with E-state index < -0.39 is 21.8 Å². The molecule has 0 fully saturated rings. The van der Waals surface area contributed by atoms with Crippen LogP contribution >= 0.6 is 11.3 Å². The predicted octanol–water partition coefficient (Wildman–Crippen LogP) is 2.29. The fraction of sp³-hybridized carbons (Fsp3) is 0.0526. The van der Waals surface area contributed by atoms with E-state index in [0.29, 0.717) is 16.2 Å². The van der Waals surface area contributed by atoms with E-state index >= 15 is 0 Å². The summed E-state index contributed by atoms with van der Waals surface area (Å²) in [6.45, 7) is 0.0500. The lowest BCUT2D eigenvalue weighted by Gasteiger charge is -2.06. The molecule has 0 atom stereocenters. The molecule has 0 aliphatic carbocycles. The molecule has 3 rings (SSSR count). The monoisotopic (exact) mass is 431 g/mol. The second-order valence-corrected chi connectivity index (χ2v) is 8.44. The van der Waals surface area contributed by atoms with E-state index in [1.54, 1.807) is 41.8 Å². The predicted molar refractivity (Wildman–Crippen MR) is 108 cm³/mol. The maximum atomic E-state index is 12.3. The molecule has 0 bridgehead atoms. The van der Waals surface area contributed by atoms with Gasteiger partial charge in [-0.05, 0) is 47.4 Å². The molecule has 0 radical (unpaired) electrons. The first kappa shape index (κ1) is 20.5. The number of carbonyl (C=O) groups is 2. The van der Waals surface area contributed by atoms with Crippen LogP contribution in [-0.2, 0) is 21.4 Å². The van der Waals surface area contributed by atoms with E-state index in [1.165, 1.54) is 41.9 Å². The maximum absolute atomic E-state index is 12.3. The first-order valence-corrected chi connectivity index (χ1v) is 10.7. The zero-order chi connectivity index (χ0) is 20.7. The van der Waals surface area contributed by atoms with Gasteiger partial charge in [-0.15, -0.1) is 11.3 Å². The van der Waals surface area contributed by atoms with Crippen molar-refractivity contribution in [1.82, 2.24) is 15.6 Å². The fourth-order valence-electron chi connectivity index (χ4n) is 2.22. The van der Waals surface area contributed by atoms with Crippen molar-refractivity contribution >= 4 is 39.3 Å². The number of amides is 2. The van der Waals surface area contributed by atoms with Gasteiger partial charge < -0.3 is 4.42 Å². The Balaban J connectivity index is 1.52. The molecule has 2 amide bonds. The van der Waals surface area contributed by atoms with Crippen LogP contribution in [0.25, 0.3) is 6.08 Å². The van der Waals surface area contributed by atoms with Gasteiger partial charge in [0.05, 0.1) is 22.6 Å². The molecule has 0 saturated heterocycles. The van der Waals surface area contributed by atoms with Gasteiger partial charge in [0.2, 0.25) is 10.0 Å². The zero-order valence-electron chi connectivity index (χ0n) is 15.0. The van der Waals surface area contributed by atoms with E-state index in [4.69, 9.17) is 4.42 Å². The van der Waals surface area contributed by atoms with Crippen LogP contribution in [0.1, 0.15) is 21.0 Å². The molecule has 0 aliphatic heterocycles. The van der Waals surface area contributed by atoms with E-state index in [1.807, 2.05) is 0 Å². The molecule has 3 N–H and O–H groups in total. The summed E-state index contributed by atoms with van der Waals surface area (Å²) in [5.74, 6) is -0.421. The standard InChI is InChI=1S/C19H17N3O5S2/c23-18(21-22-19(24)17-4-2-12-28-17)10-7-14-5-8-16(9-6-14)29(25,26)20-13-15-3-1-11-27-15/h1-12,20H,13H2,(H,21,23)(H,22,24)/b10-7+. The average Bonchev–Trinajstić information content (AvgIpc) is 3.43. The third kappa shape index (κ3) is 5.88. The van der Waals surface area contributed by atoms with Crippen molar-refractivity contribution in [2.75, 3.05) is 0 Å². The van der Waals surface area contributed by atoms with E-state index in [0.717, 1.165) is 0 Å². The summed E-state index contributed by atoms with van der Waals surface area (Å²) in [7, 11) is -3.68. The smallest absolute Gasteiger partial charge is 0.279 e. The summed E-state index contributed by atoms with van der Waals surface area (Å²) in [5.41, 5.74) is 5.19. The second kappa shape index (κ2) is 9.32. The number of hydrazine groups is 1. The van der Waals surface area contributed by atoms with Gasteiger partial charge in [-0.3, -0.25) is 20.4 Å². The number of carbonyl (C=O) groups excluding carboxylic acids is 2. The lowest BCUT2D eigenvalue weighted by molar-refractivity contribution is -0.117. The Hall–Kier alpha value is -3.21. The Morgan fingerprint density at radius 3 is 2.48 bits per heavy atom. The number of rotatable bonds is 7. The topological polar surface area (TPSA) is 118 Å². The first-order valence-electron chi connectivity index (χ1n) is 8.38. The third-order valence-electron chi connectivity index (χ3n) is 3.68. The van der Waals surface area contributed by atoms with Gasteiger partial charge in [0.25, 0.3) is 11.8 Å². The number of thiophene rings is 1. The lowest BCUT2D eigenvalue weighted by Crippen LogP contribution is -2.40. The van der Waals surface area contributed by atoms with Crippen LogP contribution in [0.5, 0.6) is 0 Å². The highest BCUT2D eigenvalue weighted by molar-refractivity contribution is 7.89. The fourth-order valence-corrected chi connectivity index (χ4v) is 3.83. The second-order valence-electron chi connectivity index (χ2n) is 5.73. The van der Waals surface area contributed by atoms with Crippen LogP contribution in [0.15, 0.2) is 75.6 Å². The van der Waals surface area contributed by atoms with Crippen LogP contribution in [0.2, 0.25) is 0 Å². The minimum absolute atomic E-state index is 0.0500. The highest BCUT2D eigenvalue weighted by Crippen LogP contribution is 2.12. The number of sulfonamides is 1. The molecule has 0 unspecified atom stereocenters. The molecule has 0 spiro atoms. The number of benzene rings is 1. The van der Waals surface area contributed by atoms with Crippen molar-refractivity contribution in [2.45, 2.75) is 11.4 Å². The van der Waals surface area contributed by atoms with Crippen molar-refractivity contribution in [1.29, 1.82) is 0 Å². The van der Waals surface area contributed by atoms with Crippen molar-refractivity contribution < 1.29 is 22.4 Å². The number of hydrogen-bond donors (Lipinski definition) is 3. The minimum Gasteiger partial charge on any atom is -0.468 e. The van der Waals surface area contributed by atoms with E-state index in [2.05, 4.69) is 15.6 Å². The van der Waals surface area contributed by atoms with Crippen LogP contribution < -0.4 is 15.6 Å². The number of hydrogen-bond acceptors (Lipinski definition) is 6. The van der Waals surface area contributed by atoms with Gasteiger partial charge in [-0.2, -0.15) is 0 Å². The molecule has 0 aliphatic rings. The molecule has 0 saturated carbocycles.